The summed E-state index contributed by atoms with van der Waals surface area (Å²) in [7, 11) is -3.30. The maximum Gasteiger partial charge on any atom is 0.332 e. The lowest BCUT2D eigenvalue weighted by molar-refractivity contribution is -0.140. The molecule has 0 radical (unpaired) electrons. The molecule has 256 valence electrons. The average Bonchev–Trinajstić information content (AvgIpc) is 3.39. The summed E-state index contributed by atoms with van der Waals surface area (Å²) < 4.78 is 28.4. The van der Waals surface area contributed by atoms with Gasteiger partial charge >= 0.3 is 5.97 Å². The van der Waals surface area contributed by atoms with Crippen molar-refractivity contribution in [3.8, 4) is 0 Å². The van der Waals surface area contributed by atoms with Gasteiger partial charge in [-0.15, -0.1) is 0 Å². The summed E-state index contributed by atoms with van der Waals surface area (Å²) >= 11 is 0. The Balaban J connectivity index is 1.66. The Morgan fingerprint density at radius 3 is 2.10 bits per heavy atom. The van der Waals surface area contributed by atoms with E-state index in [4.69, 9.17) is 4.84 Å². The second-order valence-corrected chi connectivity index (χ2v) is 15.5. The van der Waals surface area contributed by atoms with Crippen LogP contribution in [0.5, 0.6) is 0 Å². The van der Waals surface area contributed by atoms with Crippen LogP contribution in [-0.4, -0.2) is 42.0 Å². The minimum atomic E-state index is -3.30. The highest BCUT2D eigenvalue weighted by Gasteiger charge is 2.24. The van der Waals surface area contributed by atoms with Crippen molar-refractivity contribution in [2.45, 2.75) is 60.9 Å². The predicted octanol–water partition coefficient (Wildman–Crippen LogP) is 8.94. The van der Waals surface area contributed by atoms with Crippen LogP contribution in [0.25, 0.3) is 32.6 Å². The smallest absolute Gasteiger partial charge is 0.332 e. The number of aryl methyl sites for hydroxylation is 5. The third-order valence-electron chi connectivity index (χ3n) is 9.39. The van der Waals surface area contributed by atoms with Crippen molar-refractivity contribution in [2.24, 2.45) is 5.16 Å². The highest BCUT2D eigenvalue weighted by molar-refractivity contribution is 7.91. The second-order valence-electron chi connectivity index (χ2n) is 13.2. The number of benzene rings is 5. The first-order valence-corrected chi connectivity index (χ1v) is 18.8. The van der Waals surface area contributed by atoms with Gasteiger partial charge < -0.3 is 9.40 Å². The van der Waals surface area contributed by atoms with Gasteiger partial charge in [-0.3, -0.25) is 4.79 Å². The largest absolute Gasteiger partial charge is 0.339 e. The Hall–Kier alpha value is -5.08. The number of hydrogen-bond acceptors (Lipinski definition) is 6. The normalized spacial score (nSPS) is 12.2. The van der Waals surface area contributed by atoms with Crippen LogP contribution in [0.1, 0.15) is 76.0 Å². The van der Waals surface area contributed by atoms with Crippen molar-refractivity contribution in [3.05, 3.63) is 129 Å². The molecule has 0 aliphatic carbocycles. The molecule has 0 N–H and O–H groups in total. The number of ketones is 1. The lowest BCUT2D eigenvalue weighted by Crippen LogP contribution is -2.16. The van der Waals surface area contributed by atoms with Gasteiger partial charge in [0.25, 0.3) is 0 Å². The zero-order chi connectivity index (χ0) is 35.7. The molecule has 0 saturated carbocycles. The van der Waals surface area contributed by atoms with Gasteiger partial charge in [0.15, 0.2) is 15.6 Å². The van der Waals surface area contributed by atoms with Crippen molar-refractivity contribution >= 4 is 59.9 Å². The Labute approximate surface area is 293 Å². The number of aromatic nitrogens is 1. The van der Waals surface area contributed by atoms with E-state index in [1.807, 2.05) is 120 Å². The molecule has 5 aromatic carbocycles. The molecule has 0 amide bonds. The van der Waals surface area contributed by atoms with Crippen LogP contribution >= 0.6 is 0 Å². The number of rotatable bonds is 11. The van der Waals surface area contributed by atoms with Crippen LogP contribution in [0.2, 0.25) is 0 Å². The molecule has 1 aromatic heterocycles. The SMILES string of the molecule is CCCCS(=O)(=O)CCn1c2ccc(C(=NOC(C)=O)c3ccccc3C)cc2c2cc(C(=O)c3c(C)cc(C)cc3C)c3ccccc3c21. The number of nitrogens with zero attached hydrogens (tertiary/aromatic N) is 2. The molecule has 50 heavy (non-hydrogen) atoms. The number of hydrogen-bond donors (Lipinski definition) is 0. The third kappa shape index (κ3) is 6.72. The number of oxime groups is 1. The van der Waals surface area contributed by atoms with Crippen LogP contribution in [0.4, 0.5) is 0 Å². The lowest BCUT2D eigenvalue weighted by atomic mass is 9.89. The van der Waals surface area contributed by atoms with E-state index in [1.165, 1.54) is 6.92 Å². The summed E-state index contributed by atoms with van der Waals surface area (Å²) in [6, 6.07) is 27.5. The number of fused-ring (bicyclic) bond motifs is 5. The topological polar surface area (TPSA) is 94.8 Å². The van der Waals surface area contributed by atoms with Crippen molar-refractivity contribution in [1.82, 2.24) is 4.57 Å². The van der Waals surface area contributed by atoms with Gasteiger partial charge in [-0.25, -0.2) is 13.2 Å². The fraction of sp³-hybridized carbons (Fsp3) is 0.262. The van der Waals surface area contributed by atoms with Crippen molar-refractivity contribution in [1.29, 1.82) is 0 Å². The fourth-order valence-corrected chi connectivity index (χ4v) is 8.50. The Bertz CT molecular complexity index is 2430. The quantitative estimate of drug-likeness (QED) is 0.0587. The van der Waals surface area contributed by atoms with Crippen LogP contribution < -0.4 is 0 Å². The van der Waals surface area contributed by atoms with E-state index < -0.39 is 15.8 Å². The average molecular weight is 687 g/mol. The number of sulfone groups is 1. The number of unbranched alkanes of at least 4 members (excludes halogenated alkanes) is 1. The molecule has 0 fully saturated rings. The van der Waals surface area contributed by atoms with Gasteiger partial charge in [0, 0.05) is 57.4 Å². The van der Waals surface area contributed by atoms with Crippen LogP contribution in [0, 0.1) is 27.7 Å². The van der Waals surface area contributed by atoms with Crippen LogP contribution in [0.3, 0.4) is 0 Å². The summed E-state index contributed by atoms with van der Waals surface area (Å²) in [5.74, 6) is -0.456. The maximum absolute atomic E-state index is 14.6. The lowest BCUT2D eigenvalue weighted by Gasteiger charge is -2.14. The molecule has 0 aliphatic rings. The van der Waals surface area contributed by atoms with Gasteiger partial charge in [-0.1, -0.05) is 90.8 Å². The first kappa shape index (κ1) is 34.8. The molecule has 6 aromatic rings. The molecular weight excluding hydrogens is 645 g/mol. The van der Waals surface area contributed by atoms with E-state index in [2.05, 4.69) is 9.72 Å². The molecule has 7 nitrogen and oxygen atoms in total. The molecule has 0 spiro atoms. The van der Waals surface area contributed by atoms with Crippen molar-refractivity contribution in [3.63, 3.8) is 0 Å². The van der Waals surface area contributed by atoms with E-state index in [9.17, 15) is 18.0 Å². The van der Waals surface area contributed by atoms with Gasteiger partial charge in [-0.2, -0.15) is 0 Å². The van der Waals surface area contributed by atoms with E-state index in [0.29, 0.717) is 28.8 Å². The predicted molar refractivity (Wildman–Crippen MR) is 203 cm³/mol. The van der Waals surface area contributed by atoms with Crippen LogP contribution in [-0.2, 0) is 26.0 Å². The van der Waals surface area contributed by atoms with Crippen molar-refractivity contribution in [2.75, 3.05) is 11.5 Å². The molecule has 0 bridgehead atoms. The van der Waals surface area contributed by atoms with Gasteiger partial charge in [-0.05, 0) is 74.4 Å². The van der Waals surface area contributed by atoms with Gasteiger partial charge in [0.2, 0.25) is 0 Å². The zero-order valence-corrected chi connectivity index (χ0v) is 30.3. The Morgan fingerprint density at radius 2 is 1.42 bits per heavy atom. The number of carbonyl (C=O) groups is 2. The number of carbonyl (C=O) groups excluding carboxylic acids is 2. The van der Waals surface area contributed by atoms with Crippen molar-refractivity contribution < 1.29 is 22.8 Å². The molecule has 0 unspecified atom stereocenters. The second kappa shape index (κ2) is 14.0. The summed E-state index contributed by atoms with van der Waals surface area (Å²) in [6.07, 6.45) is 1.42. The zero-order valence-electron chi connectivity index (χ0n) is 29.5. The minimum Gasteiger partial charge on any atom is -0.339 e. The highest BCUT2D eigenvalue weighted by atomic mass is 32.2. The minimum absolute atomic E-state index is 0.00718. The summed E-state index contributed by atoms with van der Waals surface area (Å²) in [5, 5.41) is 7.64. The Morgan fingerprint density at radius 1 is 0.740 bits per heavy atom. The van der Waals surface area contributed by atoms with Gasteiger partial charge in [0.05, 0.1) is 17.0 Å². The molecule has 0 aliphatic heterocycles. The van der Waals surface area contributed by atoms with Crippen LogP contribution in [0.15, 0.2) is 90.1 Å². The standard InChI is InChI=1S/C42H42N2O5S/c1-7-8-20-50(47,48)21-19-44-38-18-17-31(40(43-49-30(6)45)32-14-10-9-13-27(32)3)24-35(38)36-25-37(33-15-11-12-16-34(33)41(36)44)42(46)39-28(4)22-26(2)23-29(39)5/h9-18,22-25H,7-8,19-21H2,1-6H3. The van der Waals surface area contributed by atoms with Gasteiger partial charge in [0.1, 0.15) is 5.71 Å². The summed E-state index contributed by atoms with van der Waals surface area (Å²) in [5.41, 5.74) is 8.88. The molecule has 8 heteroatoms. The Kier molecular flexibility index (Phi) is 9.76. The highest BCUT2D eigenvalue weighted by Crippen LogP contribution is 2.38. The molecule has 0 saturated heterocycles. The molecular formula is C42H42N2O5S. The van der Waals surface area contributed by atoms with E-state index in [1.54, 1.807) is 0 Å². The summed E-state index contributed by atoms with van der Waals surface area (Å²) in [6.45, 7) is 11.5. The first-order valence-electron chi connectivity index (χ1n) is 17.0. The molecule has 1 heterocycles. The molecule has 0 atom stereocenters. The fourth-order valence-electron chi connectivity index (χ4n) is 7.11. The summed E-state index contributed by atoms with van der Waals surface area (Å²) in [4.78, 5) is 31.7. The monoisotopic (exact) mass is 686 g/mol. The van der Waals surface area contributed by atoms with E-state index in [0.717, 1.165) is 66.8 Å². The van der Waals surface area contributed by atoms with E-state index >= 15 is 0 Å². The third-order valence-corrected chi connectivity index (χ3v) is 11.1. The molecule has 6 rings (SSSR count). The first-order chi connectivity index (χ1) is 23.9. The van der Waals surface area contributed by atoms with E-state index in [-0.39, 0.29) is 23.8 Å². The maximum atomic E-state index is 14.6.